The SMILES string of the molecule is CC(C)CCC(N)C1(O)CC2CCC(C1)S2(=O)=O. The van der Waals surface area contributed by atoms with Crippen molar-refractivity contribution in [3.05, 3.63) is 0 Å². The van der Waals surface area contributed by atoms with Gasteiger partial charge in [-0.3, -0.25) is 0 Å². The lowest BCUT2D eigenvalue weighted by Gasteiger charge is -2.40. The first kappa shape index (κ1) is 14.3. The highest BCUT2D eigenvalue weighted by Gasteiger charge is 2.54. The van der Waals surface area contributed by atoms with E-state index in [1.165, 1.54) is 0 Å². The van der Waals surface area contributed by atoms with E-state index < -0.39 is 15.4 Å². The number of hydrogen-bond donors (Lipinski definition) is 2. The molecule has 2 aliphatic heterocycles. The van der Waals surface area contributed by atoms with Gasteiger partial charge in [0.15, 0.2) is 9.84 Å². The second-order valence-corrected chi connectivity index (χ2v) is 9.01. The summed E-state index contributed by atoms with van der Waals surface area (Å²) in [5, 5.41) is 9.97. The number of aliphatic hydroxyl groups is 1. The summed E-state index contributed by atoms with van der Waals surface area (Å²) >= 11 is 0. The first-order valence-electron chi connectivity index (χ1n) is 6.96. The summed E-state index contributed by atoms with van der Waals surface area (Å²) in [6, 6.07) is -0.293. The van der Waals surface area contributed by atoms with Crippen molar-refractivity contribution >= 4 is 9.84 Å². The Morgan fingerprint density at radius 1 is 1.22 bits per heavy atom. The molecule has 0 aromatic carbocycles. The van der Waals surface area contributed by atoms with E-state index in [4.69, 9.17) is 5.73 Å². The summed E-state index contributed by atoms with van der Waals surface area (Å²) in [5.74, 6) is 0.559. The zero-order chi connectivity index (χ0) is 13.6. The molecule has 4 nitrogen and oxygen atoms in total. The molecule has 2 saturated heterocycles. The molecule has 106 valence electrons. The highest BCUT2D eigenvalue weighted by atomic mass is 32.2. The average molecular weight is 275 g/mol. The maximum atomic E-state index is 12.0. The fourth-order valence-electron chi connectivity index (χ4n) is 3.37. The molecule has 3 atom stereocenters. The van der Waals surface area contributed by atoms with Gasteiger partial charge in [-0.15, -0.1) is 0 Å². The van der Waals surface area contributed by atoms with Gasteiger partial charge in [-0.05, 0) is 44.4 Å². The van der Waals surface area contributed by atoms with Crippen molar-refractivity contribution in [1.29, 1.82) is 0 Å². The van der Waals surface area contributed by atoms with E-state index in [9.17, 15) is 13.5 Å². The van der Waals surface area contributed by atoms with Gasteiger partial charge in [0.05, 0.1) is 16.1 Å². The molecule has 2 rings (SSSR count). The summed E-state index contributed by atoms with van der Waals surface area (Å²) in [6.45, 7) is 4.26. The smallest absolute Gasteiger partial charge is 0.156 e. The normalized spacial score (nSPS) is 40.1. The molecule has 2 bridgehead atoms. The Balaban J connectivity index is 2.06. The van der Waals surface area contributed by atoms with Crippen molar-refractivity contribution in [2.24, 2.45) is 11.7 Å². The van der Waals surface area contributed by atoms with Crippen LogP contribution in [0.15, 0.2) is 0 Å². The van der Waals surface area contributed by atoms with Crippen molar-refractivity contribution in [2.45, 2.75) is 74.5 Å². The Hall–Kier alpha value is -0.130. The minimum atomic E-state index is -2.98. The van der Waals surface area contributed by atoms with Gasteiger partial charge in [0.2, 0.25) is 0 Å². The Bertz CT molecular complexity index is 384. The summed E-state index contributed by atoms with van der Waals surface area (Å²) in [5.41, 5.74) is 5.16. The first-order chi connectivity index (χ1) is 8.25. The second kappa shape index (κ2) is 4.76. The molecular weight excluding hydrogens is 250 g/mol. The van der Waals surface area contributed by atoms with Crippen LogP contribution in [0.25, 0.3) is 0 Å². The fraction of sp³-hybridized carbons (Fsp3) is 1.00. The quantitative estimate of drug-likeness (QED) is 0.808. The Morgan fingerprint density at radius 2 is 1.72 bits per heavy atom. The molecular formula is C13H25NO3S. The van der Waals surface area contributed by atoms with Gasteiger partial charge in [-0.2, -0.15) is 0 Å². The molecule has 3 unspecified atom stereocenters. The summed E-state index contributed by atoms with van der Waals surface area (Å²) in [7, 11) is -2.98. The first-order valence-corrected chi connectivity index (χ1v) is 8.57. The van der Waals surface area contributed by atoms with Gasteiger partial charge >= 0.3 is 0 Å². The van der Waals surface area contributed by atoms with Crippen LogP contribution in [0.3, 0.4) is 0 Å². The van der Waals surface area contributed by atoms with Gasteiger partial charge in [-0.25, -0.2) is 8.42 Å². The lowest BCUT2D eigenvalue weighted by Crippen LogP contribution is -2.55. The van der Waals surface area contributed by atoms with E-state index in [1.54, 1.807) is 0 Å². The minimum absolute atomic E-state index is 0.293. The second-order valence-electron chi connectivity index (χ2n) is 6.50. The number of hydrogen-bond acceptors (Lipinski definition) is 4. The summed E-state index contributed by atoms with van der Waals surface area (Å²) < 4.78 is 24.0. The number of nitrogens with two attached hydrogens (primary N) is 1. The van der Waals surface area contributed by atoms with Crippen LogP contribution in [-0.4, -0.2) is 35.7 Å². The average Bonchev–Trinajstić information content (AvgIpc) is 2.48. The fourth-order valence-corrected chi connectivity index (χ4v) is 5.88. The van der Waals surface area contributed by atoms with Gasteiger partial charge in [-0.1, -0.05) is 13.8 Å². The van der Waals surface area contributed by atoms with E-state index in [-0.39, 0.29) is 16.5 Å². The zero-order valence-corrected chi connectivity index (χ0v) is 12.1. The lowest BCUT2D eigenvalue weighted by molar-refractivity contribution is -0.00695. The third-order valence-corrected chi connectivity index (χ3v) is 7.31. The molecule has 5 heteroatoms. The highest BCUT2D eigenvalue weighted by molar-refractivity contribution is 7.93. The van der Waals surface area contributed by atoms with Crippen molar-refractivity contribution in [3.63, 3.8) is 0 Å². The number of rotatable bonds is 4. The van der Waals surface area contributed by atoms with Gasteiger partial charge in [0, 0.05) is 6.04 Å². The van der Waals surface area contributed by atoms with E-state index >= 15 is 0 Å². The third kappa shape index (κ3) is 2.45. The van der Waals surface area contributed by atoms with Crippen LogP contribution in [0.4, 0.5) is 0 Å². The predicted molar refractivity (Wildman–Crippen MR) is 72.0 cm³/mol. The van der Waals surface area contributed by atoms with Crippen molar-refractivity contribution in [2.75, 3.05) is 0 Å². The molecule has 0 aromatic rings. The molecule has 0 radical (unpaired) electrons. The molecule has 2 heterocycles. The standard InChI is InChI=1S/C13H25NO3S/c1-9(2)3-6-12(14)13(15)7-10-4-5-11(8-13)18(10,16)17/h9-12,15H,3-8,14H2,1-2H3. The van der Waals surface area contributed by atoms with Crippen LogP contribution in [0, 0.1) is 5.92 Å². The molecule has 2 fully saturated rings. The van der Waals surface area contributed by atoms with E-state index in [2.05, 4.69) is 13.8 Å². The maximum absolute atomic E-state index is 12.0. The largest absolute Gasteiger partial charge is 0.388 e. The summed E-state index contributed by atoms with van der Waals surface area (Å²) in [6.07, 6.45) is 3.83. The predicted octanol–water partition coefficient (Wildman–Crippen LogP) is 1.22. The van der Waals surface area contributed by atoms with Crippen LogP contribution in [0.2, 0.25) is 0 Å². The summed E-state index contributed by atoms with van der Waals surface area (Å²) in [4.78, 5) is 0. The molecule has 0 aliphatic carbocycles. The molecule has 18 heavy (non-hydrogen) atoms. The molecule has 0 aromatic heterocycles. The Kier molecular flexibility index (Phi) is 3.78. The minimum Gasteiger partial charge on any atom is -0.388 e. The highest BCUT2D eigenvalue weighted by Crippen LogP contribution is 2.44. The van der Waals surface area contributed by atoms with Crippen LogP contribution >= 0.6 is 0 Å². The molecule has 3 N–H and O–H groups in total. The van der Waals surface area contributed by atoms with Gasteiger partial charge in [0.1, 0.15) is 0 Å². The maximum Gasteiger partial charge on any atom is 0.156 e. The number of fused-ring (bicyclic) bond motifs is 2. The van der Waals surface area contributed by atoms with Gasteiger partial charge in [0.25, 0.3) is 0 Å². The van der Waals surface area contributed by atoms with Crippen LogP contribution in [-0.2, 0) is 9.84 Å². The lowest BCUT2D eigenvalue weighted by atomic mass is 9.83. The Morgan fingerprint density at radius 3 is 2.17 bits per heavy atom. The molecule has 0 spiro atoms. The van der Waals surface area contributed by atoms with Crippen molar-refractivity contribution in [3.8, 4) is 0 Å². The van der Waals surface area contributed by atoms with Gasteiger partial charge < -0.3 is 10.8 Å². The van der Waals surface area contributed by atoms with E-state index in [0.29, 0.717) is 31.6 Å². The Labute approximate surface area is 110 Å². The van der Waals surface area contributed by atoms with Crippen LogP contribution in [0.5, 0.6) is 0 Å². The van der Waals surface area contributed by atoms with Crippen LogP contribution < -0.4 is 5.73 Å². The monoisotopic (exact) mass is 275 g/mol. The third-order valence-electron chi connectivity index (χ3n) is 4.65. The molecule has 0 amide bonds. The van der Waals surface area contributed by atoms with E-state index in [1.807, 2.05) is 0 Å². The topological polar surface area (TPSA) is 80.4 Å². The molecule has 2 aliphatic rings. The van der Waals surface area contributed by atoms with E-state index in [0.717, 1.165) is 12.8 Å². The zero-order valence-electron chi connectivity index (χ0n) is 11.3. The molecule has 0 saturated carbocycles. The van der Waals surface area contributed by atoms with Crippen LogP contribution in [0.1, 0.15) is 52.4 Å². The van der Waals surface area contributed by atoms with Crippen molar-refractivity contribution < 1.29 is 13.5 Å². The number of sulfone groups is 1. The van der Waals surface area contributed by atoms with Crippen molar-refractivity contribution in [1.82, 2.24) is 0 Å².